The van der Waals surface area contributed by atoms with Crippen LogP contribution in [0.3, 0.4) is 0 Å². The Morgan fingerprint density at radius 3 is 2.81 bits per heavy atom. The number of carbonyl (C=O) groups excluding carboxylic acids is 1. The van der Waals surface area contributed by atoms with Crippen LogP contribution in [0.2, 0.25) is 0 Å². The van der Waals surface area contributed by atoms with Crippen LogP contribution in [0.15, 0.2) is 22.7 Å². The van der Waals surface area contributed by atoms with Gasteiger partial charge in [-0.3, -0.25) is 4.79 Å². The fraction of sp³-hybridized carbons (Fsp3) is 0.562. The first-order valence-electron chi connectivity index (χ1n) is 7.54. The number of hydrogen-bond donors (Lipinski definition) is 1. The van der Waals surface area contributed by atoms with E-state index in [1.165, 1.54) is 0 Å². The normalized spacial score (nSPS) is 16.0. The number of halogens is 1. The smallest absolute Gasteiger partial charge is 0.260 e. The van der Waals surface area contributed by atoms with E-state index >= 15 is 0 Å². The second kappa shape index (κ2) is 7.80. The van der Waals surface area contributed by atoms with Crippen LogP contribution in [0.1, 0.15) is 31.7 Å². The van der Waals surface area contributed by atoms with E-state index in [0.717, 1.165) is 54.6 Å². The van der Waals surface area contributed by atoms with E-state index < -0.39 is 0 Å². The average molecular weight is 355 g/mol. The standard InChI is InChI=1S/C16H23BrN2O2/c1-2-14(18)10-12-9-13(17)5-6-15(12)21-11-16(20)19-7-3-4-8-19/h5-6,9,14H,2-4,7-8,10-11,18H2,1H3. The second-order valence-corrected chi connectivity index (χ2v) is 6.42. The van der Waals surface area contributed by atoms with E-state index in [1.807, 2.05) is 23.1 Å². The number of likely N-dealkylation sites (tertiary alicyclic amines) is 1. The predicted molar refractivity (Wildman–Crippen MR) is 87.4 cm³/mol. The molecule has 1 aliphatic heterocycles. The van der Waals surface area contributed by atoms with Crippen molar-refractivity contribution in [1.82, 2.24) is 4.90 Å². The molecule has 0 radical (unpaired) electrons. The quantitative estimate of drug-likeness (QED) is 0.854. The van der Waals surface area contributed by atoms with Gasteiger partial charge in [0, 0.05) is 23.6 Å². The van der Waals surface area contributed by atoms with Crippen LogP contribution in [-0.2, 0) is 11.2 Å². The highest BCUT2D eigenvalue weighted by molar-refractivity contribution is 9.10. The minimum absolute atomic E-state index is 0.0705. The van der Waals surface area contributed by atoms with Crippen LogP contribution in [0.5, 0.6) is 5.75 Å². The molecule has 1 saturated heterocycles. The minimum Gasteiger partial charge on any atom is -0.483 e. The molecule has 2 rings (SSSR count). The highest BCUT2D eigenvalue weighted by atomic mass is 79.9. The zero-order valence-corrected chi connectivity index (χ0v) is 14.1. The van der Waals surface area contributed by atoms with Crippen molar-refractivity contribution in [2.45, 2.75) is 38.6 Å². The van der Waals surface area contributed by atoms with Gasteiger partial charge in [0.25, 0.3) is 5.91 Å². The third-order valence-corrected chi connectivity index (χ3v) is 4.33. The zero-order valence-electron chi connectivity index (χ0n) is 12.5. The first kappa shape index (κ1) is 16.3. The second-order valence-electron chi connectivity index (χ2n) is 5.50. The Bertz CT molecular complexity index is 487. The summed E-state index contributed by atoms with van der Waals surface area (Å²) in [7, 11) is 0. The van der Waals surface area contributed by atoms with Gasteiger partial charge >= 0.3 is 0 Å². The molecular weight excluding hydrogens is 332 g/mol. The van der Waals surface area contributed by atoms with Gasteiger partial charge in [-0.25, -0.2) is 0 Å². The molecule has 0 aliphatic carbocycles. The van der Waals surface area contributed by atoms with Crippen LogP contribution in [0.4, 0.5) is 0 Å². The molecule has 1 aromatic carbocycles. The first-order valence-corrected chi connectivity index (χ1v) is 8.34. The van der Waals surface area contributed by atoms with Crippen molar-refractivity contribution in [2.24, 2.45) is 5.73 Å². The highest BCUT2D eigenvalue weighted by Gasteiger charge is 2.18. The van der Waals surface area contributed by atoms with Crippen molar-refractivity contribution >= 4 is 21.8 Å². The summed E-state index contributed by atoms with van der Waals surface area (Å²) >= 11 is 3.47. The maximum Gasteiger partial charge on any atom is 0.260 e. The number of nitrogens with two attached hydrogens (primary N) is 1. The molecule has 0 spiro atoms. The molecule has 0 aromatic heterocycles. The molecule has 0 bridgehead atoms. The van der Waals surface area contributed by atoms with Gasteiger partial charge in [-0.05, 0) is 49.4 Å². The van der Waals surface area contributed by atoms with Crippen LogP contribution in [0, 0.1) is 0 Å². The van der Waals surface area contributed by atoms with E-state index in [9.17, 15) is 4.79 Å². The average Bonchev–Trinajstić information content (AvgIpc) is 3.00. The number of benzene rings is 1. The molecular formula is C16H23BrN2O2. The van der Waals surface area contributed by atoms with Gasteiger partial charge < -0.3 is 15.4 Å². The van der Waals surface area contributed by atoms with Crippen LogP contribution in [0.25, 0.3) is 0 Å². The monoisotopic (exact) mass is 354 g/mol. The molecule has 1 atom stereocenters. The summed E-state index contributed by atoms with van der Waals surface area (Å²) in [6.07, 6.45) is 3.86. The van der Waals surface area contributed by atoms with Crippen molar-refractivity contribution in [1.29, 1.82) is 0 Å². The molecule has 116 valence electrons. The van der Waals surface area contributed by atoms with E-state index in [0.29, 0.717) is 0 Å². The number of rotatable bonds is 6. The summed E-state index contributed by atoms with van der Waals surface area (Å²) in [5, 5.41) is 0. The van der Waals surface area contributed by atoms with Gasteiger partial charge in [0.1, 0.15) is 5.75 Å². The maximum absolute atomic E-state index is 12.0. The van der Waals surface area contributed by atoms with Gasteiger partial charge in [-0.15, -0.1) is 0 Å². The van der Waals surface area contributed by atoms with Crippen molar-refractivity contribution in [3.63, 3.8) is 0 Å². The van der Waals surface area contributed by atoms with Crippen LogP contribution >= 0.6 is 15.9 Å². The summed E-state index contributed by atoms with van der Waals surface area (Å²) in [6, 6.07) is 5.96. The Morgan fingerprint density at radius 2 is 2.14 bits per heavy atom. The Balaban J connectivity index is 1.99. The van der Waals surface area contributed by atoms with Gasteiger partial charge in [-0.1, -0.05) is 22.9 Å². The summed E-state index contributed by atoms with van der Waals surface area (Å²) in [6.45, 7) is 3.89. The number of carbonyl (C=O) groups is 1. The Kier molecular flexibility index (Phi) is 6.06. The number of amides is 1. The molecule has 5 heteroatoms. The summed E-state index contributed by atoms with van der Waals surface area (Å²) in [5.41, 5.74) is 7.08. The van der Waals surface area contributed by atoms with Crippen molar-refractivity contribution in [3.05, 3.63) is 28.2 Å². The van der Waals surface area contributed by atoms with E-state index in [4.69, 9.17) is 10.5 Å². The molecule has 0 saturated carbocycles. The molecule has 1 aliphatic rings. The fourth-order valence-electron chi connectivity index (χ4n) is 2.47. The van der Waals surface area contributed by atoms with Crippen LogP contribution in [-0.4, -0.2) is 36.5 Å². The van der Waals surface area contributed by atoms with E-state index in [-0.39, 0.29) is 18.6 Å². The lowest BCUT2D eigenvalue weighted by Crippen LogP contribution is -2.32. The number of ether oxygens (including phenoxy) is 1. The molecule has 1 fully saturated rings. The SMILES string of the molecule is CCC(N)Cc1cc(Br)ccc1OCC(=O)N1CCCC1. The van der Waals surface area contributed by atoms with Crippen molar-refractivity contribution in [3.8, 4) is 5.75 Å². The lowest BCUT2D eigenvalue weighted by Gasteiger charge is -2.18. The van der Waals surface area contributed by atoms with Gasteiger partial charge in [0.2, 0.25) is 0 Å². The molecule has 2 N–H and O–H groups in total. The first-order chi connectivity index (χ1) is 10.1. The predicted octanol–water partition coefficient (Wildman–Crippen LogP) is 2.73. The third-order valence-electron chi connectivity index (χ3n) is 3.84. The van der Waals surface area contributed by atoms with Crippen molar-refractivity contribution < 1.29 is 9.53 Å². The van der Waals surface area contributed by atoms with E-state index in [2.05, 4.69) is 22.9 Å². The minimum atomic E-state index is 0.0705. The Morgan fingerprint density at radius 1 is 1.43 bits per heavy atom. The Labute approximate surface area is 134 Å². The molecule has 4 nitrogen and oxygen atoms in total. The molecule has 1 unspecified atom stereocenters. The summed E-state index contributed by atoms with van der Waals surface area (Å²) in [4.78, 5) is 13.9. The molecule has 1 aromatic rings. The Hall–Kier alpha value is -1.07. The maximum atomic E-state index is 12.0. The molecule has 21 heavy (non-hydrogen) atoms. The van der Waals surface area contributed by atoms with Crippen LogP contribution < -0.4 is 10.5 Å². The number of nitrogens with zero attached hydrogens (tertiary/aromatic N) is 1. The topological polar surface area (TPSA) is 55.6 Å². The lowest BCUT2D eigenvalue weighted by atomic mass is 10.0. The zero-order chi connectivity index (χ0) is 15.2. The number of hydrogen-bond acceptors (Lipinski definition) is 3. The largest absolute Gasteiger partial charge is 0.483 e. The van der Waals surface area contributed by atoms with Gasteiger partial charge in [0.05, 0.1) is 0 Å². The van der Waals surface area contributed by atoms with E-state index in [1.54, 1.807) is 0 Å². The van der Waals surface area contributed by atoms with Gasteiger partial charge in [-0.2, -0.15) is 0 Å². The fourth-order valence-corrected chi connectivity index (χ4v) is 2.88. The van der Waals surface area contributed by atoms with Crippen molar-refractivity contribution in [2.75, 3.05) is 19.7 Å². The summed E-state index contributed by atoms with van der Waals surface area (Å²) in [5.74, 6) is 0.829. The summed E-state index contributed by atoms with van der Waals surface area (Å²) < 4.78 is 6.74. The molecule has 1 heterocycles. The third kappa shape index (κ3) is 4.71. The lowest BCUT2D eigenvalue weighted by molar-refractivity contribution is -0.132. The molecule has 1 amide bonds. The van der Waals surface area contributed by atoms with Gasteiger partial charge in [0.15, 0.2) is 6.61 Å². The highest BCUT2D eigenvalue weighted by Crippen LogP contribution is 2.25.